The number of nitrogens with two attached hydrogens (primary N) is 1. The Bertz CT molecular complexity index is 1440. The molecule has 0 amide bonds. The molecule has 0 saturated heterocycles. The third-order valence-electron chi connectivity index (χ3n) is 6.34. The highest BCUT2D eigenvalue weighted by Crippen LogP contribution is 2.31. The second kappa shape index (κ2) is 8.79. The number of imidazole rings is 1. The van der Waals surface area contributed by atoms with Crippen LogP contribution in [0.1, 0.15) is 31.2 Å². The van der Waals surface area contributed by atoms with Crippen LogP contribution in [-0.2, 0) is 10.0 Å². The third-order valence-corrected chi connectivity index (χ3v) is 7.86. The molecule has 0 spiro atoms. The molecule has 1 aliphatic rings. The van der Waals surface area contributed by atoms with E-state index in [-0.39, 0.29) is 17.0 Å². The molecular weight excluding hydrogens is 452 g/mol. The first-order chi connectivity index (χ1) is 16.3. The number of aliphatic hydroxyl groups is 1. The summed E-state index contributed by atoms with van der Waals surface area (Å²) in [5, 5.41) is 9.71. The Balaban J connectivity index is 1.55. The van der Waals surface area contributed by atoms with Gasteiger partial charge in [0.05, 0.1) is 28.6 Å². The van der Waals surface area contributed by atoms with Crippen LogP contribution in [0.3, 0.4) is 0 Å². The van der Waals surface area contributed by atoms with Crippen LogP contribution in [0.5, 0.6) is 0 Å². The molecule has 0 atom stereocenters. The number of fused-ring (bicyclic) bond motifs is 1. The Morgan fingerprint density at radius 2 is 1.79 bits per heavy atom. The average molecular weight is 479 g/mol. The van der Waals surface area contributed by atoms with Gasteiger partial charge in [-0.2, -0.15) is 0 Å². The van der Waals surface area contributed by atoms with Crippen LogP contribution in [0.15, 0.2) is 60.3 Å². The predicted octanol–water partition coefficient (Wildman–Crippen LogP) is 2.93. The number of nitrogens with one attached hydrogen (secondary N) is 1. The van der Waals surface area contributed by atoms with Crippen LogP contribution in [0.4, 0.5) is 5.69 Å². The van der Waals surface area contributed by atoms with E-state index in [0.717, 1.165) is 27.9 Å². The number of aryl methyl sites for hydroxylation is 1. The van der Waals surface area contributed by atoms with Gasteiger partial charge in [-0.25, -0.2) is 28.1 Å². The van der Waals surface area contributed by atoms with E-state index in [0.29, 0.717) is 37.0 Å². The summed E-state index contributed by atoms with van der Waals surface area (Å²) in [4.78, 5) is 12.8. The second-order valence-electron chi connectivity index (χ2n) is 8.75. The Kier molecular flexibility index (Phi) is 5.80. The van der Waals surface area contributed by atoms with Crippen LogP contribution in [0.25, 0.3) is 28.0 Å². The molecule has 4 aromatic rings. The van der Waals surface area contributed by atoms with Crippen LogP contribution in [0, 0.1) is 6.92 Å². The zero-order valence-electron chi connectivity index (χ0n) is 18.7. The van der Waals surface area contributed by atoms with Gasteiger partial charge in [0.2, 0.25) is 10.0 Å². The fourth-order valence-electron chi connectivity index (χ4n) is 4.44. The maximum atomic E-state index is 13.1. The number of anilines is 1. The van der Waals surface area contributed by atoms with Crippen LogP contribution in [-0.4, -0.2) is 45.0 Å². The van der Waals surface area contributed by atoms with Crippen molar-refractivity contribution in [2.45, 2.75) is 49.6 Å². The normalized spacial score (nSPS) is 18.9. The van der Waals surface area contributed by atoms with Crippen molar-refractivity contribution in [2.75, 3.05) is 5.73 Å². The molecule has 1 saturated carbocycles. The molecule has 0 radical (unpaired) electrons. The smallest absolute Gasteiger partial charge is 0.240 e. The first-order valence-corrected chi connectivity index (χ1v) is 12.6. The molecule has 0 bridgehead atoms. The standard InChI is InChI=1S/C24H26N6O3S/c1-15-2-7-20(34(32,33)29-18-3-5-19(31)6-4-18)9-21(15)23-12-28-24-22(25)8-16(13-30(23)24)17-10-26-14-27-11-17/h2,7-14,18-19,29,31H,3-6,25H2,1H3. The summed E-state index contributed by atoms with van der Waals surface area (Å²) in [6, 6.07) is 6.73. The molecule has 176 valence electrons. The van der Waals surface area contributed by atoms with E-state index < -0.39 is 10.0 Å². The van der Waals surface area contributed by atoms with Crippen molar-refractivity contribution in [1.29, 1.82) is 0 Å². The Labute approximate surface area is 197 Å². The van der Waals surface area contributed by atoms with Crippen molar-refractivity contribution in [3.05, 3.63) is 60.9 Å². The number of hydrogen-bond acceptors (Lipinski definition) is 7. The zero-order valence-corrected chi connectivity index (χ0v) is 19.5. The van der Waals surface area contributed by atoms with Gasteiger partial charge in [-0.1, -0.05) is 6.07 Å². The lowest BCUT2D eigenvalue weighted by atomic mass is 9.94. The van der Waals surface area contributed by atoms with Gasteiger partial charge in [-0.15, -0.1) is 0 Å². The molecule has 10 heteroatoms. The van der Waals surface area contributed by atoms with Crippen molar-refractivity contribution >= 4 is 21.4 Å². The molecule has 0 unspecified atom stereocenters. The molecule has 5 rings (SSSR count). The van der Waals surface area contributed by atoms with Crippen molar-refractivity contribution in [3.63, 3.8) is 0 Å². The Morgan fingerprint density at radius 1 is 1.06 bits per heavy atom. The van der Waals surface area contributed by atoms with Crippen molar-refractivity contribution in [1.82, 2.24) is 24.1 Å². The van der Waals surface area contributed by atoms with Gasteiger partial charge in [-0.3, -0.25) is 4.40 Å². The van der Waals surface area contributed by atoms with Crippen molar-refractivity contribution < 1.29 is 13.5 Å². The first kappa shape index (κ1) is 22.5. The monoisotopic (exact) mass is 478 g/mol. The molecule has 0 aliphatic heterocycles. The van der Waals surface area contributed by atoms with Crippen molar-refractivity contribution in [3.8, 4) is 22.4 Å². The average Bonchev–Trinajstić information content (AvgIpc) is 3.25. The van der Waals surface area contributed by atoms with Gasteiger partial charge in [0, 0.05) is 41.3 Å². The highest BCUT2D eigenvalue weighted by molar-refractivity contribution is 7.89. The number of aromatic nitrogens is 4. The maximum Gasteiger partial charge on any atom is 0.240 e. The van der Waals surface area contributed by atoms with Gasteiger partial charge >= 0.3 is 0 Å². The highest BCUT2D eigenvalue weighted by Gasteiger charge is 2.25. The van der Waals surface area contributed by atoms with E-state index in [2.05, 4.69) is 19.7 Å². The zero-order chi connectivity index (χ0) is 23.9. The number of pyridine rings is 1. The Morgan fingerprint density at radius 3 is 2.53 bits per heavy atom. The molecule has 3 heterocycles. The second-order valence-corrected chi connectivity index (χ2v) is 10.5. The summed E-state index contributed by atoms with van der Waals surface area (Å²) < 4.78 is 31.0. The van der Waals surface area contributed by atoms with Crippen LogP contribution >= 0.6 is 0 Å². The van der Waals surface area contributed by atoms with E-state index in [9.17, 15) is 13.5 Å². The lowest BCUT2D eigenvalue weighted by molar-refractivity contribution is 0.120. The van der Waals surface area contributed by atoms with Gasteiger partial charge in [0.15, 0.2) is 5.65 Å². The molecular formula is C24H26N6O3S. The lowest BCUT2D eigenvalue weighted by Gasteiger charge is -2.26. The van der Waals surface area contributed by atoms with Gasteiger partial charge in [0.25, 0.3) is 0 Å². The van der Waals surface area contributed by atoms with E-state index in [4.69, 9.17) is 5.73 Å². The maximum absolute atomic E-state index is 13.1. The van der Waals surface area contributed by atoms with E-state index in [1.807, 2.05) is 23.6 Å². The number of sulfonamides is 1. The number of hydrogen-bond donors (Lipinski definition) is 3. The molecule has 1 fully saturated rings. The lowest BCUT2D eigenvalue weighted by Crippen LogP contribution is -2.38. The minimum atomic E-state index is -3.72. The number of rotatable bonds is 5. The molecule has 9 nitrogen and oxygen atoms in total. The van der Waals surface area contributed by atoms with Gasteiger partial charge in [-0.05, 0) is 56.4 Å². The fourth-order valence-corrected chi connectivity index (χ4v) is 5.78. The summed E-state index contributed by atoms with van der Waals surface area (Å²) in [7, 11) is -3.72. The SMILES string of the molecule is Cc1ccc(S(=O)(=O)NC2CCC(O)CC2)cc1-c1cnc2c(N)cc(-c3cncnc3)cn12. The van der Waals surface area contributed by atoms with Crippen molar-refractivity contribution in [2.24, 2.45) is 0 Å². The topological polar surface area (TPSA) is 136 Å². The first-order valence-electron chi connectivity index (χ1n) is 11.2. The highest BCUT2D eigenvalue weighted by atomic mass is 32.2. The number of nitrogens with zero attached hydrogens (tertiary/aromatic N) is 4. The summed E-state index contributed by atoms with van der Waals surface area (Å²) >= 11 is 0. The summed E-state index contributed by atoms with van der Waals surface area (Å²) in [6.45, 7) is 1.93. The number of nitrogen functional groups attached to an aromatic ring is 1. The van der Waals surface area contributed by atoms with E-state index in [1.165, 1.54) is 6.33 Å². The molecule has 4 N–H and O–H groups in total. The van der Waals surface area contributed by atoms with Crippen LogP contribution in [0.2, 0.25) is 0 Å². The third kappa shape index (κ3) is 4.27. The molecule has 1 aliphatic carbocycles. The number of aliphatic hydroxyl groups excluding tert-OH is 1. The van der Waals surface area contributed by atoms with E-state index >= 15 is 0 Å². The van der Waals surface area contributed by atoms with Gasteiger partial charge < -0.3 is 10.8 Å². The summed E-state index contributed by atoms with van der Waals surface area (Å²) in [5.41, 5.74) is 11.4. The van der Waals surface area contributed by atoms with E-state index in [1.54, 1.807) is 36.8 Å². The van der Waals surface area contributed by atoms with Gasteiger partial charge in [0.1, 0.15) is 6.33 Å². The Hall–Kier alpha value is -3.34. The predicted molar refractivity (Wildman–Crippen MR) is 129 cm³/mol. The summed E-state index contributed by atoms with van der Waals surface area (Å²) in [6.07, 6.45) is 10.6. The number of benzene rings is 1. The summed E-state index contributed by atoms with van der Waals surface area (Å²) in [5.74, 6) is 0. The molecule has 34 heavy (non-hydrogen) atoms. The largest absolute Gasteiger partial charge is 0.396 e. The minimum absolute atomic E-state index is 0.176. The quantitative estimate of drug-likeness (QED) is 0.401. The molecule has 3 aromatic heterocycles. The minimum Gasteiger partial charge on any atom is -0.396 e. The fraction of sp³-hybridized carbons (Fsp3) is 0.292. The molecule has 1 aromatic carbocycles. The van der Waals surface area contributed by atoms with Crippen LogP contribution < -0.4 is 10.5 Å².